The first kappa shape index (κ1) is 17.5. The van der Waals surface area contributed by atoms with E-state index in [1.807, 2.05) is 24.4 Å². The minimum atomic E-state index is -0.254. The van der Waals surface area contributed by atoms with Gasteiger partial charge in [-0.05, 0) is 42.3 Å². The number of methoxy groups -OCH3 is 1. The van der Waals surface area contributed by atoms with Crippen LogP contribution in [-0.4, -0.2) is 23.1 Å². The Bertz CT molecular complexity index is 904. The molecule has 0 saturated heterocycles. The smallest absolute Gasteiger partial charge is 0.255 e. The zero-order valence-corrected chi connectivity index (χ0v) is 14.7. The van der Waals surface area contributed by atoms with E-state index in [1.54, 1.807) is 24.3 Å². The lowest BCUT2D eigenvalue weighted by atomic mass is 10.1. The fourth-order valence-electron chi connectivity index (χ4n) is 2.57. The second-order valence-corrected chi connectivity index (χ2v) is 5.82. The van der Waals surface area contributed by atoms with E-state index in [1.165, 1.54) is 18.7 Å². The monoisotopic (exact) mass is 348 g/mol. The first-order valence-electron chi connectivity index (χ1n) is 8.34. The Morgan fingerprint density at radius 3 is 2.46 bits per heavy atom. The molecule has 2 aromatic carbocycles. The zero-order valence-electron chi connectivity index (χ0n) is 14.7. The maximum Gasteiger partial charge on any atom is 0.255 e. The predicted molar refractivity (Wildman–Crippen MR) is 102 cm³/mol. The molecule has 2 N–H and O–H groups in total. The minimum Gasteiger partial charge on any atom is -0.504 e. The van der Waals surface area contributed by atoms with Crippen molar-refractivity contribution in [1.29, 1.82) is 0 Å². The third-order valence-electron chi connectivity index (χ3n) is 4.11. The number of amides is 1. The number of nitrogens with one attached hydrogen (secondary N) is 1. The number of hydrogen-bond acceptors (Lipinski definition) is 4. The molecule has 0 radical (unpaired) electrons. The van der Waals surface area contributed by atoms with E-state index in [4.69, 9.17) is 4.74 Å². The highest BCUT2D eigenvalue weighted by molar-refractivity contribution is 6.04. The summed E-state index contributed by atoms with van der Waals surface area (Å²) in [6, 6.07) is 16.0. The lowest BCUT2D eigenvalue weighted by Crippen LogP contribution is -2.11. The van der Waals surface area contributed by atoms with Gasteiger partial charge in [0.15, 0.2) is 11.5 Å². The molecule has 1 amide bonds. The fraction of sp³-hybridized carbons (Fsp3) is 0.143. The van der Waals surface area contributed by atoms with E-state index in [9.17, 15) is 9.90 Å². The summed E-state index contributed by atoms with van der Waals surface area (Å²) in [7, 11) is 1.47. The van der Waals surface area contributed by atoms with Gasteiger partial charge in [-0.2, -0.15) is 0 Å². The van der Waals surface area contributed by atoms with Crippen LogP contribution in [0, 0.1) is 0 Å². The van der Waals surface area contributed by atoms with E-state index in [0.717, 1.165) is 17.7 Å². The van der Waals surface area contributed by atoms with Crippen molar-refractivity contribution < 1.29 is 14.6 Å². The summed E-state index contributed by atoms with van der Waals surface area (Å²) >= 11 is 0. The lowest BCUT2D eigenvalue weighted by Gasteiger charge is -2.09. The standard InChI is InChI=1S/C21H20N2O3/c1-3-14-4-10-18(22-13-14)15-5-7-16(8-6-15)21(25)23-17-9-11-20(26-2)19(24)12-17/h4-13,24H,3H2,1-2H3,(H,23,25). The molecule has 0 aliphatic heterocycles. The maximum atomic E-state index is 12.4. The van der Waals surface area contributed by atoms with Crippen molar-refractivity contribution in [3.05, 3.63) is 71.9 Å². The highest BCUT2D eigenvalue weighted by Gasteiger charge is 2.09. The van der Waals surface area contributed by atoms with Crippen LogP contribution in [0.15, 0.2) is 60.8 Å². The van der Waals surface area contributed by atoms with Crippen molar-refractivity contribution in [2.75, 3.05) is 12.4 Å². The SMILES string of the molecule is CCc1ccc(-c2ccc(C(=O)Nc3ccc(OC)c(O)c3)cc2)nc1. The predicted octanol–water partition coefficient (Wildman–Crippen LogP) is 4.28. The number of pyridine rings is 1. The summed E-state index contributed by atoms with van der Waals surface area (Å²) in [6.45, 7) is 2.09. The summed E-state index contributed by atoms with van der Waals surface area (Å²) in [6.07, 6.45) is 2.82. The van der Waals surface area contributed by atoms with Crippen LogP contribution in [-0.2, 0) is 6.42 Å². The molecule has 0 fully saturated rings. The summed E-state index contributed by atoms with van der Waals surface area (Å²) in [4.78, 5) is 16.8. The molecule has 0 spiro atoms. The third-order valence-corrected chi connectivity index (χ3v) is 4.11. The van der Waals surface area contributed by atoms with Crippen molar-refractivity contribution in [2.45, 2.75) is 13.3 Å². The number of rotatable bonds is 5. The van der Waals surface area contributed by atoms with E-state index < -0.39 is 0 Å². The number of aryl methyl sites for hydroxylation is 1. The van der Waals surface area contributed by atoms with Gasteiger partial charge in [-0.15, -0.1) is 0 Å². The summed E-state index contributed by atoms with van der Waals surface area (Å²) < 4.78 is 4.99. The van der Waals surface area contributed by atoms with E-state index >= 15 is 0 Å². The van der Waals surface area contributed by atoms with Crippen molar-refractivity contribution in [1.82, 2.24) is 4.98 Å². The van der Waals surface area contributed by atoms with Crippen LogP contribution < -0.4 is 10.1 Å². The van der Waals surface area contributed by atoms with Gasteiger partial charge in [0.25, 0.3) is 5.91 Å². The number of aromatic hydroxyl groups is 1. The molecule has 0 aliphatic carbocycles. The number of benzene rings is 2. The number of phenolic OH excluding ortho intramolecular Hbond substituents is 1. The zero-order chi connectivity index (χ0) is 18.5. The molecule has 0 saturated carbocycles. The average molecular weight is 348 g/mol. The Balaban J connectivity index is 1.73. The number of nitrogens with zero attached hydrogens (tertiary/aromatic N) is 1. The second kappa shape index (κ2) is 7.70. The van der Waals surface area contributed by atoms with Gasteiger partial charge in [0.2, 0.25) is 0 Å². The van der Waals surface area contributed by atoms with Crippen molar-refractivity contribution in [2.24, 2.45) is 0 Å². The van der Waals surface area contributed by atoms with Crippen LogP contribution in [0.5, 0.6) is 11.5 Å². The van der Waals surface area contributed by atoms with Crippen LogP contribution in [0.1, 0.15) is 22.8 Å². The largest absolute Gasteiger partial charge is 0.504 e. The summed E-state index contributed by atoms with van der Waals surface area (Å²) in [5, 5.41) is 12.5. The van der Waals surface area contributed by atoms with Crippen molar-refractivity contribution >= 4 is 11.6 Å². The molecule has 1 heterocycles. The molecule has 3 rings (SSSR count). The first-order chi connectivity index (χ1) is 12.6. The van der Waals surface area contributed by atoms with Gasteiger partial charge in [-0.3, -0.25) is 9.78 Å². The summed E-state index contributed by atoms with van der Waals surface area (Å²) in [5.74, 6) is 0.0756. The highest BCUT2D eigenvalue weighted by Crippen LogP contribution is 2.28. The molecule has 0 unspecified atom stereocenters. The van der Waals surface area contributed by atoms with E-state index in [0.29, 0.717) is 17.0 Å². The normalized spacial score (nSPS) is 10.4. The number of phenols is 1. The minimum absolute atomic E-state index is 0.0257. The number of carbonyl (C=O) groups excluding carboxylic acids is 1. The number of carbonyl (C=O) groups is 1. The summed E-state index contributed by atoms with van der Waals surface area (Å²) in [5.41, 5.74) is 4.02. The van der Waals surface area contributed by atoms with Crippen LogP contribution >= 0.6 is 0 Å². The topological polar surface area (TPSA) is 71.5 Å². The number of anilines is 1. The highest BCUT2D eigenvalue weighted by atomic mass is 16.5. The molecule has 0 aliphatic rings. The molecular weight excluding hydrogens is 328 g/mol. The Morgan fingerprint density at radius 2 is 1.88 bits per heavy atom. The van der Waals surface area contributed by atoms with E-state index in [-0.39, 0.29) is 11.7 Å². The molecule has 3 aromatic rings. The molecule has 0 bridgehead atoms. The van der Waals surface area contributed by atoms with Crippen LogP contribution in [0.2, 0.25) is 0 Å². The van der Waals surface area contributed by atoms with Crippen LogP contribution in [0.25, 0.3) is 11.3 Å². The number of hydrogen-bond donors (Lipinski definition) is 2. The van der Waals surface area contributed by atoms with Gasteiger partial charge in [0, 0.05) is 29.1 Å². The fourth-order valence-corrected chi connectivity index (χ4v) is 2.57. The molecule has 132 valence electrons. The molecule has 26 heavy (non-hydrogen) atoms. The molecular formula is C21H20N2O3. The Labute approximate surface area is 152 Å². The van der Waals surface area contributed by atoms with Crippen LogP contribution in [0.3, 0.4) is 0 Å². The van der Waals surface area contributed by atoms with Gasteiger partial charge in [-0.1, -0.05) is 25.1 Å². The molecule has 1 aromatic heterocycles. The second-order valence-electron chi connectivity index (χ2n) is 5.82. The van der Waals surface area contributed by atoms with Gasteiger partial charge in [0.05, 0.1) is 12.8 Å². The molecule has 5 heteroatoms. The lowest BCUT2D eigenvalue weighted by molar-refractivity contribution is 0.102. The Hall–Kier alpha value is -3.34. The molecule has 5 nitrogen and oxygen atoms in total. The van der Waals surface area contributed by atoms with Crippen molar-refractivity contribution in [3.63, 3.8) is 0 Å². The maximum absolute atomic E-state index is 12.4. The van der Waals surface area contributed by atoms with Gasteiger partial charge in [-0.25, -0.2) is 0 Å². The third kappa shape index (κ3) is 3.83. The molecule has 0 atom stereocenters. The quantitative estimate of drug-likeness (QED) is 0.722. The van der Waals surface area contributed by atoms with Crippen molar-refractivity contribution in [3.8, 4) is 22.8 Å². The van der Waals surface area contributed by atoms with Gasteiger partial charge >= 0.3 is 0 Å². The van der Waals surface area contributed by atoms with Gasteiger partial charge in [0.1, 0.15) is 0 Å². The van der Waals surface area contributed by atoms with Gasteiger partial charge < -0.3 is 15.2 Å². The average Bonchev–Trinajstić information content (AvgIpc) is 2.68. The Kier molecular flexibility index (Phi) is 5.17. The Morgan fingerprint density at radius 1 is 1.12 bits per heavy atom. The van der Waals surface area contributed by atoms with Crippen LogP contribution in [0.4, 0.5) is 5.69 Å². The number of aromatic nitrogens is 1. The first-order valence-corrected chi connectivity index (χ1v) is 8.34. The number of ether oxygens (including phenoxy) is 1. The van der Waals surface area contributed by atoms with E-state index in [2.05, 4.69) is 23.3 Å².